The van der Waals surface area contributed by atoms with Gasteiger partial charge in [0.05, 0.1) is 11.8 Å². The maximum atomic E-state index is 5.53. The van der Waals surface area contributed by atoms with Crippen LogP contribution in [0.3, 0.4) is 0 Å². The highest BCUT2D eigenvalue weighted by atomic mass is 79.9. The van der Waals surface area contributed by atoms with Crippen molar-refractivity contribution in [3.05, 3.63) is 28.7 Å². The average molecular weight is 365 g/mol. The normalized spacial score (nSPS) is 11.6. The summed E-state index contributed by atoms with van der Waals surface area (Å²) in [5.41, 5.74) is 1.93. The molecular formula is C12H9BrN6OS. The van der Waals surface area contributed by atoms with E-state index in [0.29, 0.717) is 16.3 Å². The van der Waals surface area contributed by atoms with Crippen molar-refractivity contribution in [3.63, 3.8) is 0 Å². The molecule has 4 aromatic rings. The van der Waals surface area contributed by atoms with E-state index in [1.54, 1.807) is 15.4 Å². The summed E-state index contributed by atoms with van der Waals surface area (Å²) in [6.45, 7) is 1.99. The molecule has 0 aliphatic carbocycles. The van der Waals surface area contributed by atoms with E-state index in [4.69, 9.17) is 4.42 Å². The van der Waals surface area contributed by atoms with Gasteiger partial charge in [-0.05, 0) is 35.0 Å². The first-order valence-corrected chi connectivity index (χ1v) is 7.71. The molecule has 0 amide bonds. The Balaban J connectivity index is 1.88. The minimum Gasteiger partial charge on any atom is -0.447 e. The monoisotopic (exact) mass is 364 g/mol. The molecule has 0 bridgehead atoms. The number of aromatic nitrogens is 6. The molecule has 4 rings (SSSR count). The van der Waals surface area contributed by atoms with Crippen LogP contribution in [0, 0.1) is 6.92 Å². The second-order valence-corrected chi connectivity index (χ2v) is 6.23. The molecule has 7 nitrogen and oxygen atoms in total. The SMILES string of the molecule is Cc1c(-c2nnc3sc(-c4ccc(Br)o4)nn23)cnn1C. The van der Waals surface area contributed by atoms with Gasteiger partial charge in [-0.15, -0.1) is 15.3 Å². The summed E-state index contributed by atoms with van der Waals surface area (Å²) in [5.74, 6) is 1.38. The molecule has 0 aliphatic rings. The molecule has 0 saturated heterocycles. The highest BCUT2D eigenvalue weighted by molar-refractivity contribution is 9.10. The van der Waals surface area contributed by atoms with Crippen LogP contribution in [0.25, 0.3) is 27.1 Å². The summed E-state index contributed by atoms with van der Waals surface area (Å²) in [5, 5.41) is 17.9. The van der Waals surface area contributed by atoms with Crippen molar-refractivity contribution in [1.82, 2.24) is 29.6 Å². The number of aryl methyl sites for hydroxylation is 1. The van der Waals surface area contributed by atoms with Crippen LogP contribution in [-0.2, 0) is 7.05 Å². The zero-order valence-electron chi connectivity index (χ0n) is 11.1. The van der Waals surface area contributed by atoms with E-state index < -0.39 is 0 Å². The lowest BCUT2D eigenvalue weighted by Gasteiger charge is -1.96. The zero-order chi connectivity index (χ0) is 14.6. The van der Waals surface area contributed by atoms with Crippen molar-refractivity contribution in [2.75, 3.05) is 0 Å². The molecule has 0 aliphatic heterocycles. The topological polar surface area (TPSA) is 74.0 Å². The fraction of sp³-hybridized carbons (Fsp3) is 0.167. The summed E-state index contributed by atoms with van der Waals surface area (Å²) < 4.78 is 9.72. The van der Waals surface area contributed by atoms with E-state index in [9.17, 15) is 0 Å². The third-order valence-electron chi connectivity index (χ3n) is 3.25. The van der Waals surface area contributed by atoms with Crippen molar-refractivity contribution in [2.45, 2.75) is 6.92 Å². The molecule has 106 valence electrons. The Kier molecular flexibility index (Phi) is 2.73. The van der Waals surface area contributed by atoms with Crippen molar-refractivity contribution in [1.29, 1.82) is 0 Å². The number of hydrogen-bond donors (Lipinski definition) is 0. The molecule has 0 unspecified atom stereocenters. The summed E-state index contributed by atoms with van der Waals surface area (Å²) in [7, 11) is 1.89. The van der Waals surface area contributed by atoms with Crippen molar-refractivity contribution < 1.29 is 4.42 Å². The Morgan fingerprint density at radius 3 is 2.81 bits per heavy atom. The zero-order valence-corrected chi connectivity index (χ0v) is 13.5. The van der Waals surface area contributed by atoms with E-state index in [1.807, 2.05) is 26.1 Å². The Labute approximate surface area is 131 Å². The van der Waals surface area contributed by atoms with Gasteiger partial charge in [0.15, 0.2) is 21.3 Å². The maximum absolute atomic E-state index is 5.53. The van der Waals surface area contributed by atoms with Crippen LogP contribution in [0.1, 0.15) is 5.69 Å². The van der Waals surface area contributed by atoms with E-state index in [1.165, 1.54) is 11.3 Å². The fourth-order valence-electron chi connectivity index (χ4n) is 2.03. The van der Waals surface area contributed by atoms with Gasteiger partial charge in [0.2, 0.25) is 4.96 Å². The Bertz CT molecular complexity index is 948. The van der Waals surface area contributed by atoms with E-state index in [0.717, 1.165) is 21.2 Å². The number of halogens is 1. The predicted molar refractivity (Wildman–Crippen MR) is 81.0 cm³/mol. The number of hydrogen-bond acceptors (Lipinski definition) is 6. The van der Waals surface area contributed by atoms with Gasteiger partial charge in [0.1, 0.15) is 0 Å². The molecule has 0 spiro atoms. The Hall–Kier alpha value is -2.00. The van der Waals surface area contributed by atoms with Gasteiger partial charge in [0, 0.05) is 12.7 Å². The van der Waals surface area contributed by atoms with Crippen LogP contribution < -0.4 is 0 Å². The number of rotatable bonds is 2. The lowest BCUT2D eigenvalue weighted by Crippen LogP contribution is -1.95. The van der Waals surface area contributed by atoms with Gasteiger partial charge < -0.3 is 4.42 Å². The van der Waals surface area contributed by atoms with E-state index in [-0.39, 0.29) is 0 Å². The van der Waals surface area contributed by atoms with Gasteiger partial charge in [-0.25, -0.2) is 0 Å². The van der Waals surface area contributed by atoms with Gasteiger partial charge in [-0.3, -0.25) is 4.68 Å². The standard InChI is InChI=1S/C12H9BrN6OS/c1-6-7(5-14-18(6)2)10-15-16-12-19(10)17-11(21-12)8-3-4-9(13)20-8/h3-5H,1-2H3. The van der Waals surface area contributed by atoms with Crippen LogP contribution in [0.5, 0.6) is 0 Å². The van der Waals surface area contributed by atoms with Gasteiger partial charge in [-0.2, -0.15) is 9.61 Å². The lowest BCUT2D eigenvalue weighted by atomic mass is 10.2. The highest BCUT2D eigenvalue weighted by Gasteiger charge is 2.18. The smallest absolute Gasteiger partial charge is 0.235 e. The first-order chi connectivity index (χ1) is 10.1. The lowest BCUT2D eigenvalue weighted by molar-refractivity contribution is 0.554. The van der Waals surface area contributed by atoms with Crippen LogP contribution in [0.4, 0.5) is 0 Å². The molecule has 4 aromatic heterocycles. The van der Waals surface area contributed by atoms with Gasteiger partial charge >= 0.3 is 0 Å². The molecule has 21 heavy (non-hydrogen) atoms. The quantitative estimate of drug-likeness (QED) is 0.546. The van der Waals surface area contributed by atoms with Crippen molar-refractivity contribution in [3.8, 4) is 22.2 Å². The third kappa shape index (κ3) is 1.92. The van der Waals surface area contributed by atoms with Crippen molar-refractivity contribution >= 4 is 32.2 Å². The minimum absolute atomic E-state index is 0.673. The molecule has 4 heterocycles. The number of furan rings is 1. The molecule has 0 fully saturated rings. The predicted octanol–water partition coefficient (Wildman–Crippen LogP) is 2.92. The van der Waals surface area contributed by atoms with Crippen LogP contribution in [-0.4, -0.2) is 29.6 Å². The van der Waals surface area contributed by atoms with Crippen molar-refractivity contribution in [2.24, 2.45) is 7.05 Å². The minimum atomic E-state index is 0.673. The fourth-order valence-corrected chi connectivity index (χ4v) is 3.14. The summed E-state index contributed by atoms with van der Waals surface area (Å²) in [6.07, 6.45) is 1.77. The average Bonchev–Trinajstić information content (AvgIpc) is 3.17. The Morgan fingerprint density at radius 1 is 1.29 bits per heavy atom. The second kappa shape index (κ2) is 4.50. The maximum Gasteiger partial charge on any atom is 0.235 e. The number of fused-ring (bicyclic) bond motifs is 1. The van der Waals surface area contributed by atoms with Gasteiger partial charge in [-0.1, -0.05) is 11.3 Å². The molecule has 0 N–H and O–H groups in total. The number of nitrogens with zero attached hydrogens (tertiary/aromatic N) is 6. The summed E-state index contributed by atoms with van der Waals surface area (Å²) in [4.78, 5) is 0.718. The van der Waals surface area contributed by atoms with Crippen LogP contribution in [0.15, 0.2) is 27.4 Å². The summed E-state index contributed by atoms with van der Waals surface area (Å²) >= 11 is 4.72. The summed E-state index contributed by atoms with van der Waals surface area (Å²) in [6, 6.07) is 3.70. The molecule has 0 radical (unpaired) electrons. The second-order valence-electron chi connectivity index (χ2n) is 4.50. The van der Waals surface area contributed by atoms with E-state index in [2.05, 4.69) is 36.3 Å². The van der Waals surface area contributed by atoms with Crippen LogP contribution >= 0.6 is 27.3 Å². The van der Waals surface area contributed by atoms with Gasteiger partial charge in [0.25, 0.3) is 0 Å². The van der Waals surface area contributed by atoms with E-state index >= 15 is 0 Å². The molecular weight excluding hydrogens is 356 g/mol. The first-order valence-electron chi connectivity index (χ1n) is 6.10. The molecule has 0 aromatic carbocycles. The Morgan fingerprint density at radius 2 is 2.14 bits per heavy atom. The molecule has 9 heteroatoms. The largest absolute Gasteiger partial charge is 0.447 e. The molecule has 0 saturated carbocycles. The highest BCUT2D eigenvalue weighted by Crippen LogP contribution is 2.31. The first kappa shape index (κ1) is 12.7. The van der Waals surface area contributed by atoms with Crippen LogP contribution in [0.2, 0.25) is 0 Å². The third-order valence-corrected chi connectivity index (χ3v) is 4.59. The molecule has 0 atom stereocenters.